The first-order valence-corrected chi connectivity index (χ1v) is 8.54. The van der Waals surface area contributed by atoms with Gasteiger partial charge in [-0.2, -0.15) is 0 Å². The molecule has 1 aromatic carbocycles. The Balaban J connectivity index is 2.34. The van der Waals surface area contributed by atoms with Crippen molar-refractivity contribution in [2.45, 2.75) is 18.7 Å². The average molecular weight is 336 g/mol. The minimum atomic E-state index is -3.33. The van der Waals surface area contributed by atoms with Crippen LogP contribution in [0.1, 0.15) is 21.6 Å². The van der Waals surface area contributed by atoms with Gasteiger partial charge in [0.05, 0.1) is 4.90 Å². The smallest absolute Gasteiger partial charge is 0.265 e. The van der Waals surface area contributed by atoms with Gasteiger partial charge in [-0.25, -0.2) is 8.42 Å². The number of amides is 1. The number of aryl methyl sites for hydroxylation is 1. The van der Waals surface area contributed by atoms with E-state index in [1.807, 2.05) is 0 Å². The first-order valence-electron chi connectivity index (χ1n) is 6.65. The van der Waals surface area contributed by atoms with Gasteiger partial charge in [-0.05, 0) is 38.1 Å². The Morgan fingerprint density at radius 2 is 1.74 bits per heavy atom. The van der Waals surface area contributed by atoms with E-state index in [1.165, 1.54) is 24.3 Å². The van der Waals surface area contributed by atoms with Crippen molar-refractivity contribution in [3.05, 3.63) is 51.4 Å². The number of aromatic nitrogens is 1. The van der Waals surface area contributed by atoms with E-state index >= 15 is 0 Å². The summed E-state index contributed by atoms with van der Waals surface area (Å²) in [6.45, 7) is 3.19. The van der Waals surface area contributed by atoms with Crippen molar-refractivity contribution in [3.63, 3.8) is 0 Å². The Morgan fingerprint density at radius 1 is 1.17 bits per heavy atom. The molecule has 3 N–H and O–H groups in total. The minimum absolute atomic E-state index is 0.113. The molecular weight excluding hydrogens is 320 g/mol. The molecule has 1 amide bonds. The lowest BCUT2D eigenvalue weighted by Gasteiger charge is -2.10. The highest BCUT2D eigenvalue weighted by atomic mass is 32.2. The summed E-state index contributed by atoms with van der Waals surface area (Å²) < 4.78 is 22.8. The molecule has 1 aromatic heterocycles. The van der Waals surface area contributed by atoms with Crippen molar-refractivity contribution in [1.29, 1.82) is 0 Å². The van der Waals surface area contributed by atoms with Crippen LogP contribution in [-0.4, -0.2) is 30.7 Å². The Bertz CT molecular complexity index is 928. The maximum absolute atomic E-state index is 12.2. The molecule has 0 unspecified atom stereocenters. The first kappa shape index (κ1) is 16.8. The number of H-pyrrole nitrogens is 1. The third-order valence-electron chi connectivity index (χ3n) is 3.45. The van der Waals surface area contributed by atoms with Crippen LogP contribution in [0.15, 0.2) is 34.0 Å². The van der Waals surface area contributed by atoms with Crippen LogP contribution >= 0.6 is 0 Å². The van der Waals surface area contributed by atoms with E-state index < -0.39 is 21.3 Å². The van der Waals surface area contributed by atoms with Crippen molar-refractivity contribution in [2.24, 2.45) is 0 Å². The standard InChI is InChI=1S/C15H16N2O5S/c1-8-9(2)16-14(19)12(13(8)18)15(20)17-10-4-6-11(7-5-10)23(3,21)22/h4-7H,1-3H3,(H,17,20)(H2,16,18,19). The summed E-state index contributed by atoms with van der Waals surface area (Å²) in [6, 6.07) is 5.49. The summed E-state index contributed by atoms with van der Waals surface area (Å²) in [4.78, 5) is 26.7. The summed E-state index contributed by atoms with van der Waals surface area (Å²) in [6.07, 6.45) is 1.08. The predicted octanol–water partition coefficient (Wildman–Crippen LogP) is 1.35. The largest absolute Gasteiger partial charge is 0.507 e. The van der Waals surface area contributed by atoms with Crippen molar-refractivity contribution in [1.82, 2.24) is 4.98 Å². The topological polar surface area (TPSA) is 116 Å². The van der Waals surface area contributed by atoms with Gasteiger partial charge in [-0.3, -0.25) is 9.59 Å². The number of hydrogen-bond acceptors (Lipinski definition) is 5. The first-order chi connectivity index (χ1) is 10.6. The molecule has 0 aliphatic heterocycles. The summed E-state index contributed by atoms with van der Waals surface area (Å²) >= 11 is 0. The lowest BCUT2D eigenvalue weighted by molar-refractivity contribution is 0.102. The normalized spacial score (nSPS) is 11.3. The Labute approximate surface area is 132 Å². The summed E-state index contributed by atoms with van der Waals surface area (Å²) in [7, 11) is -3.33. The van der Waals surface area contributed by atoms with E-state index in [-0.39, 0.29) is 16.2 Å². The quantitative estimate of drug-likeness (QED) is 0.782. The number of nitrogens with one attached hydrogen (secondary N) is 2. The zero-order valence-electron chi connectivity index (χ0n) is 12.8. The van der Waals surface area contributed by atoms with Crippen LogP contribution in [-0.2, 0) is 9.84 Å². The van der Waals surface area contributed by atoms with Crippen LogP contribution < -0.4 is 10.9 Å². The molecule has 1 heterocycles. The number of rotatable bonds is 3. The third kappa shape index (κ3) is 3.42. The fourth-order valence-corrected chi connectivity index (χ4v) is 2.62. The summed E-state index contributed by atoms with van der Waals surface area (Å²) in [5.74, 6) is -1.16. The van der Waals surface area contributed by atoms with Crippen LogP contribution in [0, 0.1) is 13.8 Å². The molecule has 0 radical (unpaired) electrons. The maximum Gasteiger partial charge on any atom is 0.265 e. The fourth-order valence-electron chi connectivity index (χ4n) is 1.99. The highest BCUT2D eigenvalue weighted by Gasteiger charge is 2.19. The molecular formula is C15H16N2O5S. The highest BCUT2D eigenvalue weighted by Crippen LogP contribution is 2.21. The van der Waals surface area contributed by atoms with Gasteiger partial charge in [0.15, 0.2) is 9.84 Å². The summed E-state index contributed by atoms with van der Waals surface area (Å²) in [5.41, 5.74) is 0.0966. The van der Waals surface area contributed by atoms with Crippen LogP contribution in [0.3, 0.4) is 0 Å². The number of benzene rings is 1. The van der Waals surface area contributed by atoms with Gasteiger partial charge in [0.1, 0.15) is 11.3 Å². The lowest BCUT2D eigenvalue weighted by atomic mass is 10.1. The Morgan fingerprint density at radius 3 is 2.26 bits per heavy atom. The van der Waals surface area contributed by atoms with Crippen molar-refractivity contribution < 1.29 is 18.3 Å². The van der Waals surface area contributed by atoms with E-state index in [2.05, 4.69) is 10.3 Å². The van der Waals surface area contributed by atoms with Gasteiger partial charge in [-0.15, -0.1) is 0 Å². The molecule has 2 aromatic rings. The molecule has 0 spiro atoms. The van der Waals surface area contributed by atoms with Gasteiger partial charge >= 0.3 is 0 Å². The van der Waals surface area contributed by atoms with Gasteiger partial charge in [0.25, 0.3) is 11.5 Å². The second-order valence-corrected chi connectivity index (χ2v) is 7.19. The Hall–Kier alpha value is -2.61. The van der Waals surface area contributed by atoms with E-state index in [0.29, 0.717) is 16.9 Å². The van der Waals surface area contributed by atoms with Crippen LogP contribution in [0.5, 0.6) is 5.75 Å². The zero-order chi connectivity index (χ0) is 17.4. The molecule has 2 rings (SSSR count). The predicted molar refractivity (Wildman–Crippen MR) is 85.7 cm³/mol. The second-order valence-electron chi connectivity index (χ2n) is 5.18. The number of aromatic hydroxyl groups is 1. The molecule has 0 fully saturated rings. The molecule has 0 saturated heterocycles. The van der Waals surface area contributed by atoms with Gasteiger partial charge in [-0.1, -0.05) is 0 Å². The van der Waals surface area contributed by atoms with Crippen molar-refractivity contribution in [2.75, 3.05) is 11.6 Å². The van der Waals surface area contributed by atoms with Gasteiger partial charge in [0.2, 0.25) is 0 Å². The molecule has 0 aliphatic carbocycles. The van der Waals surface area contributed by atoms with Gasteiger partial charge < -0.3 is 15.4 Å². The second kappa shape index (κ2) is 5.88. The monoisotopic (exact) mass is 336 g/mol. The third-order valence-corrected chi connectivity index (χ3v) is 4.58. The molecule has 0 aliphatic rings. The number of anilines is 1. The van der Waals surface area contributed by atoms with E-state index in [9.17, 15) is 23.1 Å². The molecule has 7 nitrogen and oxygen atoms in total. The number of pyridine rings is 1. The fraction of sp³-hybridized carbons (Fsp3) is 0.200. The summed E-state index contributed by atoms with van der Waals surface area (Å²) in [5, 5.41) is 12.4. The van der Waals surface area contributed by atoms with Crippen LogP contribution in [0.4, 0.5) is 5.69 Å². The number of aromatic amines is 1. The maximum atomic E-state index is 12.2. The number of sulfone groups is 1. The Kier molecular flexibility index (Phi) is 4.28. The molecule has 0 saturated carbocycles. The van der Waals surface area contributed by atoms with Crippen molar-refractivity contribution >= 4 is 21.4 Å². The molecule has 23 heavy (non-hydrogen) atoms. The molecule has 0 bridgehead atoms. The lowest BCUT2D eigenvalue weighted by Crippen LogP contribution is -2.24. The number of carbonyl (C=O) groups is 1. The van der Waals surface area contributed by atoms with Crippen LogP contribution in [0.2, 0.25) is 0 Å². The number of hydrogen-bond donors (Lipinski definition) is 3. The minimum Gasteiger partial charge on any atom is -0.507 e. The van der Waals surface area contributed by atoms with E-state index in [4.69, 9.17) is 0 Å². The molecule has 122 valence electrons. The average Bonchev–Trinajstić information content (AvgIpc) is 2.44. The zero-order valence-corrected chi connectivity index (χ0v) is 13.6. The number of carbonyl (C=O) groups excluding carboxylic acids is 1. The van der Waals surface area contributed by atoms with Gasteiger partial charge in [0, 0.05) is 23.2 Å². The van der Waals surface area contributed by atoms with Crippen molar-refractivity contribution in [3.8, 4) is 5.75 Å². The van der Waals surface area contributed by atoms with E-state index in [0.717, 1.165) is 6.26 Å². The van der Waals surface area contributed by atoms with Crippen LogP contribution in [0.25, 0.3) is 0 Å². The molecule has 0 atom stereocenters. The van der Waals surface area contributed by atoms with E-state index in [1.54, 1.807) is 13.8 Å². The molecule has 8 heteroatoms. The highest BCUT2D eigenvalue weighted by molar-refractivity contribution is 7.90. The SMILES string of the molecule is Cc1[nH]c(=O)c(C(=O)Nc2ccc(S(C)(=O)=O)cc2)c(O)c1C.